The van der Waals surface area contributed by atoms with Gasteiger partial charge in [0.15, 0.2) is 0 Å². The molecule has 0 saturated heterocycles. The molecule has 2 heteroatoms. The lowest BCUT2D eigenvalue weighted by atomic mass is 9.82. The molecule has 138 valence electrons. The van der Waals surface area contributed by atoms with Crippen molar-refractivity contribution in [2.75, 3.05) is 7.11 Å². The van der Waals surface area contributed by atoms with Gasteiger partial charge in [0.25, 0.3) is 0 Å². The van der Waals surface area contributed by atoms with Crippen LogP contribution in [0.25, 0.3) is 5.57 Å². The SMILES string of the molecule is CCCCCc1ccc(C2=C(F)C[C@H](c3ccc(OC)cc3)CC2)cc1. The minimum absolute atomic E-state index is 0.0517. The summed E-state index contributed by atoms with van der Waals surface area (Å²) in [5.74, 6) is 1.16. The zero-order valence-electron chi connectivity index (χ0n) is 15.9. The number of unbranched alkanes of at least 4 members (excludes halogenated alkanes) is 2. The molecule has 1 aliphatic rings. The maximum Gasteiger partial charge on any atom is 0.118 e. The number of aryl methyl sites for hydroxylation is 1. The first-order valence-electron chi connectivity index (χ1n) is 9.82. The van der Waals surface area contributed by atoms with E-state index >= 15 is 0 Å². The molecule has 0 N–H and O–H groups in total. The standard InChI is InChI=1S/C24H29FO/c1-3-4-5-6-18-7-9-20(10-8-18)23-16-13-21(17-24(23)25)19-11-14-22(26-2)15-12-19/h7-12,14-15,21H,3-6,13,16-17H2,1-2H3/t21-/m1/s1. The average molecular weight is 352 g/mol. The Morgan fingerprint density at radius 2 is 1.73 bits per heavy atom. The molecule has 0 saturated carbocycles. The molecule has 2 aromatic rings. The number of methoxy groups -OCH3 is 1. The average Bonchev–Trinajstić information content (AvgIpc) is 2.69. The van der Waals surface area contributed by atoms with Crippen molar-refractivity contribution >= 4 is 5.57 Å². The van der Waals surface area contributed by atoms with Crippen LogP contribution in [-0.2, 0) is 6.42 Å². The predicted octanol–water partition coefficient (Wildman–Crippen LogP) is 7.08. The first kappa shape index (κ1) is 18.7. The van der Waals surface area contributed by atoms with Crippen molar-refractivity contribution in [3.8, 4) is 5.75 Å². The van der Waals surface area contributed by atoms with Crippen LogP contribution in [-0.4, -0.2) is 7.11 Å². The third kappa shape index (κ3) is 4.55. The summed E-state index contributed by atoms with van der Waals surface area (Å²) in [6.07, 6.45) is 7.16. The van der Waals surface area contributed by atoms with Gasteiger partial charge in [-0.3, -0.25) is 0 Å². The fourth-order valence-corrected chi connectivity index (χ4v) is 3.81. The summed E-state index contributed by atoms with van der Waals surface area (Å²) in [6, 6.07) is 16.6. The monoisotopic (exact) mass is 352 g/mol. The van der Waals surface area contributed by atoms with E-state index in [1.807, 2.05) is 12.1 Å². The number of hydrogen-bond donors (Lipinski definition) is 0. The molecule has 0 bridgehead atoms. The van der Waals surface area contributed by atoms with Gasteiger partial charge in [0, 0.05) is 6.42 Å². The summed E-state index contributed by atoms with van der Waals surface area (Å²) in [5, 5.41) is 0. The topological polar surface area (TPSA) is 9.23 Å². The van der Waals surface area contributed by atoms with Crippen LogP contribution < -0.4 is 4.74 Å². The first-order valence-corrected chi connectivity index (χ1v) is 9.82. The lowest BCUT2D eigenvalue weighted by molar-refractivity contribution is 0.414. The Bertz CT molecular complexity index is 728. The summed E-state index contributed by atoms with van der Waals surface area (Å²) in [4.78, 5) is 0. The molecule has 1 aliphatic carbocycles. The normalized spacial score (nSPS) is 17.4. The van der Waals surface area contributed by atoms with Crippen LogP contribution in [0.5, 0.6) is 5.75 Å². The number of hydrogen-bond acceptors (Lipinski definition) is 1. The molecule has 3 rings (SSSR count). The van der Waals surface area contributed by atoms with Crippen molar-refractivity contribution in [3.05, 3.63) is 71.0 Å². The molecule has 0 aromatic heterocycles. The largest absolute Gasteiger partial charge is 0.497 e. The number of halogens is 1. The highest BCUT2D eigenvalue weighted by Gasteiger charge is 2.23. The van der Waals surface area contributed by atoms with Crippen LogP contribution >= 0.6 is 0 Å². The van der Waals surface area contributed by atoms with Crippen molar-refractivity contribution in [2.24, 2.45) is 0 Å². The fraction of sp³-hybridized carbons (Fsp3) is 0.417. The van der Waals surface area contributed by atoms with Gasteiger partial charge in [0.1, 0.15) is 11.6 Å². The molecule has 0 fully saturated rings. The molecule has 2 aromatic carbocycles. The Labute approximate surface area is 156 Å². The molecule has 0 spiro atoms. The highest BCUT2D eigenvalue weighted by atomic mass is 19.1. The summed E-state index contributed by atoms with van der Waals surface area (Å²) < 4.78 is 20.0. The van der Waals surface area contributed by atoms with Crippen LogP contribution in [0.1, 0.15) is 68.1 Å². The molecule has 0 amide bonds. The minimum Gasteiger partial charge on any atom is -0.497 e. The first-order chi connectivity index (χ1) is 12.7. The van der Waals surface area contributed by atoms with E-state index in [9.17, 15) is 4.39 Å². The molecule has 0 unspecified atom stereocenters. The van der Waals surface area contributed by atoms with Gasteiger partial charge in [-0.05, 0) is 66.0 Å². The van der Waals surface area contributed by atoms with Gasteiger partial charge >= 0.3 is 0 Å². The third-order valence-corrected chi connectivity index (χ3v) is 5.45. The van der Waals surface area contributed by atoms with Gasteiger partial charge in [-0.1, -0.05) is 56.2 Å². The van der Waals surface area contributed by atoms with Crippen LogP contribution in [0, 0.1) is 0 Å². The van der Waals surface area contributed by atoms with E-state index in [0.717, 1.165) is 36.1 Å². The van der Waals surface area contributed by atoms with Crippen molar-refractivity contribution in [3.63, 3.8) is 0 Å². The molecule has 26 heavy (non-hydrogen) atoms. The second-order valence-electron chi connectivity index (χ2n) is 7.25. The highest BCUT2D eigenvalue weighted by molar-refractivity contribution is 5.68. The van der Waals surface area contributed by atoms with E-state index in [1.165, 1.54) is 30.4 Å². The highest BCUT2D eigenvalue weighted by Crippen LogP contribution is 2.41. The molecular formula is C24H29FO. The van der Waals surface area contributed by atoms with E-state index in [0.29, 0.717) is 6.42 Å². The van der Waals surface area contributed by atoms with Gasteiger partial charge in [-0.15, -0.1) is 0 Å². The summed E-state index contributed by atoms with van der Waals surface area (Å²) >= 11 is 0. The number of rotatable bonds is 7. The minimum atomic E-state index is 0.0517. The Morgan fingerprint density at radius 1 is 1.00 bits per heavy atom. The van der Waals surface area contributed by atoms with Crippen LogP contribution in [0.4, 0.5) is 4.39 Å². The smallest absolute Gasteiger partial charge is 0.118 e. The fourth-order valence-electron chi connectivity index (χ4n) is 3.81. The second kappa shape index (κ2) is 9.02. The maximum atomic E-state index is 14.8. The van der Waals surface area contributed by atoms with E-state index in [2.05, 4.69) is 43.3 Å². The number of allylic oxidation sites excluding steroid dienone is 2. The van der Waals surface area contributed by atoms with Gasteiger partial charge in [0.05, 0.1) is 7.11 Å². The number of ether oxygens (including phenoxy) is 1. The molecule has 1 nitrogen and oxygen atoms in total. The van der Waals surface area contributed by atoms with Crippen molar-refractivity contribution < 1.29 is 9.13 Å². The van der Waals surface area contributed by atoms with E-state index in [4.69, 9.17) is 4.74 Å². The van der Waals surface area contributed by atoms with E-state index < -0.39 is 0 Å². The lowest BCUT2D eigenvalue weighted by Crippen LogP contribution is -2.07. The predicted molar refractivity (Wildman–Crippen MR) is 107 cm³/mol. The van der Waals surface area contributed by atoms with Crippen molar-refractivity contribution in [1.82, 2.24) is 0 Å². The Kier molecular flexibility index (Phi) is 6.49. The zero-order valence-corrected chi connectivity index (χ0v) is 15.9. The van der Waals surface area contributed by atoms with Crippen LogP contribution in [0.2, 0.25) is 0 Å². The van der Waals surface area contributed by atoms with Gasteiger partial charge in [0.2, 0.25) is 0 Å². The molecule has 0 radical (unpaired) electrons. The third-order valence-electron chi connectivity index (χ3n) is 5.45. The van der Waals surface area contributed by atoms with Gasteiger partial charge < -0.3 is 4.74 Å². The van der Waals surface area contributed by atoms with E-state index in [1.54, 1.807) is 7.11 Å². The Hall–Kier alpha value is -2.09. The number of benzene rings is 2. The maximum absolute atomic E-state index is 14.8. The van der Waals surface area contributed by atoms with E-state index in [-0.39, 0.29) is 11.7 Å². The summed E-state index contributed by atoms with van der Waals surface area (Å²) in [6.45, 7) is 2.22. The van der Waals surface area contributed by atoms with Gasteiger partial charge in [-0.25, -0.2) is 4.39 Å². The van der Waals surface area contributed by atoms with Crippen molar-refractivity contribution in [2.45, 2.75) is 57.8 Å². The van der Waals surface area contributed by atoms with Gasteiger partial charge in [-0.2, -0.15) is 0 Å². The summed E-state index contributed by atoms with van der Waals surface area (Å²) in [5.41, 5.74) is 4.51. The summed E-state index contributed by atoms with van der Waals surface area (Å²) in [7, 11) is 1.67. The molecule has 0 heterocycles. The molecular weight excluding hydrogens is 323 g/mol. The van der Waals surface area contributed by atoms with Crippen molar-refractivity contribution in [1.29, 1.82) is 0 Å². The zero-order chi connectivity index (χ0) is 18.4. The lowest BCUT2D eigenvalue weighted by Gasteiger charge is -2.24. The Balaban J connectivity index is 1.67. The second-order valence-corrected chi connectivity index (χ2v) is 7.25. The quantitative estimate of drug-likeness (QED) is 0.484. The Morgan fingerprint density at radius 3 is 2.35 bits per heavy atom. The van der Waals surface area contributed by atoms with Crippen LogP contribution in [0.15, 0.2) is 54.4 Å². The van der Waals surface area contributed by atoms with Crippen LogP contribution in [0.3, 0.4) is 0 Å². The molecule has 1 atom stereocenters. The molecule has 0 aliphatic heterocycles.